The average molecular weight is 593 g/mol. The van der Waals surface area contributed by atoms with E-state index >= 15 is 0 Å². The van der Waals surface area contributed by atoms with Gasteiger partial charge in [-0.25, -0.2) is 0 Å². The molecular weight excluding hydrogens is 544 g/mol. The molecule has 7 rings (SSSR count). The van der Waals surface area contributed by atoms with Gasteiger partial charge in [0.15, 0.2) is 0 Å². The standard InChI is InChI=1S/C38H48N4O2/c1-24-16-25(2)18-29(17-24)36-35(26(3)21-39-14-12-27-13-15-40-31(19-27)23-43)33-20-30(8-11-34(33)41-36)38(4,5)37(44)42-22-28-6-9-32(42)10-7-28/h8,11,13,15-20,26,28,32,39,41,43H,6-7,9-10,12,14,21-23H2,1-5H3/t26-,28?,32?/m1/s1. The minimum atomic E-state index is -0.597. The molecule has 2 aliphatic heterocycles. The zero-order chi connectivity index (χ0) is 31.0. The fourth-order valence-electron chi connectivity index (χ4n) is 7.68. The molecule has 0 radical (unpaired) electrons. The van der Waals surface area contributed by atoms with Crippen molar-refractivity contribution in [1.29, 1.82) is 0 Å². The Balaban J connectivity index is 1.31. The van der Waals surface area contributed by atoms with E-state index in [4.69, 9.17) is 0 Å². The normalized spacial score (nSPS) is 19.1. The van der Waals surface area contributed by atoms with Gasteiger partial charge >= 0.3 is 0 Å². The Bertz CT molecular complexity index is 1630. The van der Waals surface area contributed by atoms with Crippen molar-refractivity contribution in [1.82, 2.24) is 20.2 Å². The summed E-state index contributed by atoms with van der Waals surface area (Å²) in [5.74, 6) is 1.17. The van der Waals surface area contributed by atoms with Gasteiger partial charge in [-0.05, 0) is 137 Å². The van der Waals surface area contributed by atoms with E-state index in [2.05, 4.69) is 91.2 Å². The summed E-state index contributed by atoms with van der Waals surface area (Å²) in [6, 6.07) is 17.8. The molecule has 3 aliphatic rings. The van der Waals surface area contributed by atoms with Crippen LogP contribution in [0.1, 0.15) is 85.9 Å². The Morgan fingerprint density at radius 3 is 2.50 bits per heavy atom. The highest BCUT2D eigenvalue weighted by atomic mass is 16.3. The lowest BCUT2D eigenvalue weighted by Gasteiger charge is -2.47. The summed E-state index contributed by atoms with van der Waals surface area (Å²) in [6.07, 6.45) is 7.49. The summed E-state index contributed by atoms with van der Waals surface area (Å²) in [5.41, 5.74) is 9.64. The minimum absolute atomic E-state index is 0.0381. The Labute approximate surface area is 262 Å². The molecule has 6 nitrogen and oxygen atoms in total. The van der Waals surface area contributed by atoms with Crippen molar-refractivity contribution in [2.45, 2.75) is 90.7 Å². The van der Waals surface area contributed by atoms with Crippen LogP contribution in [0.3, 0.4) is 0 Å². The number of fused-ring (bicyclic) bond motifs is 4. The smallest absolute Gasteiger partial charge is 0.232 e. The summed E-state index contributed by atoms with van der Waals surface area (Å²) >= 11 is 0. The molecular formula is C38H48N4O2. The molecule has 1 atom stereocenters. The number of benzene rings is 2. The molecule has 2 saturated heterocycles. The number of piperidine rings is 2. The first-order valence-corrected chi connectivity index (χ1v) is 16.4. The van der Waals surface area contributed by atoms with Crippen molar-refractivity contribution in [3.63, 3.8) is 0 Å². The van der Waals surface area contributed by atoms with Gasteiger partial charge in [0.2, 0.25) is 5.91 Å². The quantitative estimate of drug-likeness (QED) is 0.174. The summed E-state index contributed by atoms with van der Waals surface area (Å²) in [7, 11) is 0. The van der Waals surface area contributed by atoms with Crippen molar-refractivity contribution >= 4 is 16.8 Å². The van der Waals surface area contributed by atoms with Gasteiger partial charge in [0.1, 0.15) is 0 Å². The molecule has 0 spiro atoms. The average Bonchev–Trinajstić information content (AvgIpc) is 3.42. The predicted octanol–water partition coefficient (Wildman–Crippen LogP) is 6.95. The van der Waals surface area contributed by atoms with E-state index in [9.17, 15) is 9.90 Å². The molecule has 1 aliphatic carbocycles. The highest BCUT2D eigenvalue weighted by Gasteiger charge is 2.42. The lowest BCUT2D eigenvalue weighted by atomic mass is 9.76. The number of aromatic nitrogens is 2. The topological polar surface area (TPSA) is 81.2 Å². The molecule has 4 aromatic rings. The van der Waals surface area contributed by atoms with Crippen LogP contribution in [0.25, 0.3) is 22.2 Å². The van der Waals surface area contributed by atoms with Crippen LogP contribution in [0.2, 0.25) is 0 Å². The van der Waals surface area contributed by atoms with Crippen molar-refractivity contribution in [2.24, 2.45) is 5.92 Å². The Kier molecular flexibility index (Phi) is 8.67. The van der Waals surface area contributed by atoms with Crippen LogP contribution in [-0.4, -0.2) is 51.6 Å². The first-order chi connectivity index (χ1) is 21.1. The molecule has 3 N–H and O–H groups in total. The summed E-state index contributed by atoms with van der Waals surface area (Å²) in [6.45, 7) is 13.4. The molecule has 44 heavy (non-hydrogen) atoms. The Morgan fingerprint density at radius 1 is 1.07 bits per heavy atom. The maximum absolute atomic E-state index is 14.1. The number of amides is 1. The molecule has 232 valence electrons. The van der Waals surface area contributed by atoms with E-state index < -0.39 is 5.41 Å². The SMILES string of the molecule is Cc1cc(C)cc(-c2[nH]c3ccc(C(C)(C)C(=O)N4CC5CCC4CC5)cc3c2[C@H](C)CNCCc2ccnc(CO)c2)c1. The lowest BCUT2D eigenvalue weighted by Crippen LogP contribution is -2.55. The second kappa shape index (κ2) is 12.5. The van der Waals surface area contributed by atoms with Gasteiger partial charge in [-0.1, -0.05) is 30.2 Å². The lowest BCUT2D eigenvalue weighted by molar-refractivity contribution is -0.144. The van der Waals surface area contributed by atoms with E-state index in [0.717, 1.165) is 55.7 Å². The maximum Gasteiger partial charge on any atom is 0.232 e. The zero-order valence-electron chi connectivity index (χ0n) is 27.0. The number of H-pyrrole nitrogens is 1. The van der Waals surface area contributed by atoms with Crippen LogP contribution in [0.5, 0.6) is 0 Å². The molecule has 4 heterocycles. The number of nitrogens with zero attached hydrogens (tertiary/aromatic N) is 2. The van der Waals surface area contributed by atoms with Crippen LogP contribution in [0.4, 0.5) is 0 Å². The molecule has 1 saturated carbocycles. The van der Waals surface area contributed by atoms with Gasteiger partial charge < -0.3 is 20.3 Å². The number of hydrogen-bond acceptors (Lipinski definition) is 4. The molecule has 0 unspecified atom stereocenters. The van der Waals surface area contributed by atoms with Crippen molar-refractivity contribution in [3.05, 3.63) is 88.2 Å². The fourth-order valence-corrected chi connectivity index (χ4v) is 7.68. The number of aliphatic hydroxyl groups excluding tert-OH is 1. The van der Waals surface area contributed by atoms with Crippen LogP contribution in [-0.2, 0) is 23.2 Å². The highest BCUT2D eigenvalue weighted by Crippen LogP contribution is 2.41. The molecule has 2 aromatic carbocycles. The number of carbonyl (C=O) groups is 1. The van der Waals surface area contributed by atoms with Gasteiger partial charge in [-0.3, -0.25) is 9.78 Å². The summed E-state index contributed by atoms with van der Waals surface area (Å²) in [5, 5.41) is 14.3. The number of rotatable bonds is 10. The molecule has 3 fully saturated rings. The van der Waals surface area contributed by atoms with Crippen molar-refractivity contribution in [2.75, 3.05) is 19.6 Å². The van der Waals surface area contributed by atoms with Gasteiger partial charge in [0.25, 0.3) is 0 Å². The Morgan fingerprint density at radius 2 is 1.82 bits per heavy atom. The number of aryl methyl sites for hydroxylation is 2. The second-order valence-electron chi connectivity index (χ2n) is 14.0. The van der Waals surface area contributed by atoms with Gasteiger partial charge in [0, 0.05) is 36.2 Å². The van der Waals surface area contributed by atoms with Crippen LogP contribution in [0.15, 0.2) is 54.7 Å². The van der Waals surface area contributed by atoms with Gasteiger partial charge in [0.05, 0.1) is 23.4 Å². The van der Waals surface area contributed by atoms with Crippen LogP contribution >= 0.6 is 0 Å². The second-order valence-corrected chi connectivity index (χ2v) is 14.0. The predicted molar refractivity (Wildman–Crippen MR) is 179 cm³/mol. The third-order valence-corrected chi connectivity index (χ3v) is 10.2. The third-order valence-electron chi connectivity index (χ3n) is 10.2. The summed E-state index contributed by atoms with van der Waals surface area (Å²) in [4.78, 5) is 24.3. The van der Waals surface area contributed by atoms with Crippen LogP contribution in [0, 0.1) is 19.8 Å². The van der Waals surface area contributed by atoms with Crippen molar-refractivity contribution in [3.8, 4) is 11.3 Å². The minimum Gasteiger partial charge on any atom is -0.390 e. The molecule has 2 aromatic heterocycles. The monoisotopic (exact) mass is 592 g/mol. The number of aliphatic hydroxyl groups is 1. The first kappa shape index (κ1) is 30.5. The Hall–Kier alpha value is -3.48. The highest BCUT2D eigenvalue weighted by molar-refractivity contribution is 5.94. The number of carbonyl (C=O) groups excluding carboxylic acids is 1. The first-order valence-electron chi connectivity index (χ1n) is 16.4. The van der Waals surface area contributed by atoms with E-state index in [-0.39, 0.29) is 18.4 Å². The van der Waals surface area contributed by atoms with E-state index in [1.807, 2.05) is 12.1 Å². The maximum atomic E-state index is 14.1. The zero-order valence-corrected chi connectivity index (χ0v) is 27.0. The van der Waals surface area contributed by atoms with E-state index in [1.54, 1.807) is 6.20 Å². The number of hydrogen-bond donors (Lipinski definition) is 3. The number of nitrogens with one attached hydrogen (secondary N) is 2. The van der Waals surface area contributed by atoms with Gasteiger partial charge in [-0.15, -0.1) is 0 Å². The number of pyridine rings is 1. The van der Waals surface area contributed by atoms with E-state index in [0.29, 0.717) is 17.7 Å². The molecule has 2 bridgehead atoms. The third kappa shape index (κ3) is 6.07. The van der Waals surface area contributed by atoms with Crippen LogP contribution < -0.4 is 5.32 Å². The molecule has 6 heteroatoms. The largest absolute Gasteiger partial charge is 0.390 e. The number of aromatic amines is 1. The fraction of sp³-hybridized carbons (Fsp3) is 0.474. The molecule has 1 amide bonds. The van der Waals surface area contributed by atoms with E-state index in [1.165, 1.54) is 46.0 Å². The van der Waals surface area contributed by atoms with Crippen molar-refractivity contribution < 1.29 is 9.90 Å². The van der Waals surface area contributed by atoms with Gasteiger partial charge in [-0.2, -0.15) is 0 Å². The summed E-state index contributed by atoms with van der Waals surface area (Å²) < 4.78 is 0.